The van der Waals surface area contributed by atoms with E-state index in [1.807, 2.05) is 11.1 Å². The number of benzene rings is 1. The zero-order valence-electron chi connectivity index (χ0n) is 12.3. The van der Waals surface area contributed by atoms with Gasteiger partial charge in [-0.1, -0.05) is 47.9 Å². The smallest absolute Gasteiger partial charge is 0.00189 e. The number of allylic oxidation sites excluding steroid dienone is 4. The van der Waals surface area contributed by atoms with Gasteiger partial charge in [-0.3, -0.25) is 0 Å². The Morgan fingerprint density at radius 2 is 1.55 bits per heavy atom. The van der Waals surface area contributed by atoms with Crippen LogP contribution >= 0.6 is 0 Å². The molecule has 0 heteroatoms. The Morgan fingerprint density at radius 1 is 0.800 bits per heavy atom. The molecule has 0 radical (unpaired) electrons. The van der Waals surface area contributed by atoms with E-state index in [0.717, 1.165) is 5.92 Å². The lowest BCUT2D eigenvalue weighted by Gasteiger charge is -2.25. The van der Waals surface area contributed by atoms with E-state index in [9.17, 15) is 0 Å². The molecule has 0 amide bonds. The first-order chi connectivity index (χ1) is 9.93. The van der Waals surface area contributed by atoms with Crippen molar-refractivity contribution >= 4 is 0 Å². The molecule has 0 aliphatic heterocycles. The molecule has 1 aromatic rings. The quantitative estimate of drug-likeness (QED) is 0.652. The molecule has 0 heterocycles. The molecule has 0 saturated heterocycles. The zero-order chi connectivity index (χ0) is 13.4. The molecule has 0 nitrogen and oxygen atoms in total. The van der Waals surface area contributed by atoms with E-state index < -0.39 is 0 Å². The molecule has 1 fully saturated rings. The van der Waals surface area contributed by atoms with Gasteiger partial charge in [0.25, 0.3) is 0 Å². The topological polar surface area (TPSA) is 0 Å². The van der Waals surface area contributed by atoms with Gasteiger partial charge in [-0.25, -0.2) is 0 Å². The van der Waals surface area contributed by atoms with Crippen LogP contribution in [0.15, 0.2) is 52.6 Å². The van der Waals surface area contributed by atoms with E-state index in [0.29, 0.717) is 0 Å². The van der Waals surface area contributed by atoms with Gasteiger partial charge in [-0.05, 0) is 68.1 Å². The van der Waals surface area contributed by atoms with Crippen molar-refractivity contribution in [3.63, 3.8) is 0 Å². The summed E-state index contributed by atoms with van der Waals surface area (Å²) in [6.07, 6.45) is 12.5. The second-order valence-electron chi connectivity index (χ2n) is 6.68. The number of fused-ring (bicyclic) bond motifs is 2. The normalized spacial score (nSPS) is 25.7. The van der Waals surface area contributed by atoms with Crippen LogP contribution in [0.5, 0.6) is 0 Å². The van der Waals surface area contributed by atoms with E-state index in [4.69, 9.17) is 0 Å². The van der Waals surface area contributed by atoms with Crippen LogP contribution in [0.1, 0.15) is 56.9 Å². The Morgan fingerprint density at radius 3 is 2.45 bits per heavy atom. The Bertz CT molecular complexity index is 559. The van der Waals surface area contributed by atoms with E-state index in [1.54, 1.807) is 11.1 Å². The highest BCUT2D eigenvalue weighted by molar-refractivity contribution is 5.53. The zero-order valence-corrected chi connectivity index (χ0v) is 12.3. The maximum Gasteiger partial charge on any atom is 0.00189 e. The van der Waals surface area contributed by atoms with Gasteiger partial charge in [0.1, 0.15) is 0 Å². The molecule has 3 aliphatic carbocycles. The van der Waals surface area contributed by atoms with Crippen LogP contribution in [0.4, 0.5) is 0 Å². The third-order valence-corrected chi connectivity index (χ3v) is 5.52. The van der Waals surface area contributed by atoms with Crippen molar-refractivity contribution in [2.24, 2.45) is 5.92 Å². The summed E-state index contributed by atoms with van der Waals surface area (Å²) in [7, 11) is 0. The minimum Gasteiger partial charge on any atom is -0.0622 e. The molecule has 104 valence electrons. The molecule has 1 aromatic carbocycles. The molecule has 20 heavy (non-hydrogen) atoms. The molecule has 4 rings (SSSR count). The molecule has 1 unspecified atom stereocenters. The van der Waals surface area contributed by atoms with Crippen LogP contribution < -0.4 is 0 Å². The van der Waals surface area contributed by atoms with Crippen molar-refractivity contribution in [2.75, 3.05) is 0 Å². The van der Waals surface area contributed by atoms with Gasteiger partial charge in [0.2, 0.25) is 0 Å². The molecule has 0 N–H and O–H groups in total. The summed E-state index contributed by atoms with van der Waals surface area (Å²) < 4.78 is 0. The maximum atomic E-state index is 2.30. The third kappa shape index (κ3) is 2.06. The second-order valence-corrected chi connectivity index (χ2v) is 6.68. The highest BCUT2D eigenvalue weighted by Crippen LogP contribution is 2.50. The summed E-state index contributed by atoms with van der Waals surface area (Å²) in [5.74, 6) is 0.859. The molecular weight excluding hydrogens is 240 g/mol. The van der Waals surface area contributed by atoms with Gasteiger partial charge >= 0.3 is 0 Å². The van der Waals surface area contributed by atoms with Crippen LogP contribution in [0.3, 0.4) is 0 Å². The number of hydrogen-bond donors (Lipinski definition) is 0. The third-order valence-electron chi connectivity index (χ3n) is 5.52. The van der Waals surface area contributed by atoms with E-state index in [1.165, 1.54) is 63.4 Å². The predicted molar refractivity (Wildman–Crippen MR) is 84.6 cm³/mol. The molecule has 0 spiro atoms. The van der Waals surface area contributed by atoms with Crippen molar-refractivity contribution in [1.29, 1.82) is 0 Å². The molecule has 0 bridgehead atoms. The fourth-order valence-corrected chi connectivity index (χ4v) is 4.63. The lowest BCUT2D eigenvalue weighted by molar-refractivity contribution is 0.486. The van der Waals surface area contributed by atoms with Crippen molar-refractivity contribution in [1.82, 2.24) is 0 Å². The second kappa shape index (κ2) is 5.24. The van der Waals surface area contributed by atoms with Crippen LogP contribution in [0.25, 0.3) is 0 Å². The SMILES string of the molecule is c1ccc(CC2=C3CCCCC3C3=C2CCCC3)cc1. The summed E-state index contributed by atoms with van der Waals surface area (Å²) in [5, 5.41) is 0. The van der Waals surface area contributed by atoms with Gasteiger partial charge in [-0.2, -0.15) is 0 Å². The predicted octanol–water partition coefficient (Wildman–Crippen LogP) is 5.60. The summed E-state index contributed by atoms with van der Waals surface area (Å²) in [6.45, 7) is 0. The van der Waals surface area contributed by atoms with Crippen LogP contribution in [-0.2, 0) is 6.42 Å². The summed E-state index contributed by atoms with van der Waals surface area (Å²) in [5.41, 5.74) is 8.75. The Kier molecular flexibility index (Phi) is 3.26. The average molecular weight is 264 g/mol. The van der Waals surface area contributed by atoms with Gasteiger partial charge < -0.3 is 0 Å². The minimum absolute atomic E-state index is 0.859. The fraction of sp³-hybridized carbons (Fsp3) is 0.500. The lowest BCUT2D eigenvalue weighted by Crippen LogP contribution is -2.11. The van der Waals surface area contributed by atoms with Gasteiger partial charge in [0.05, 0.1) is 0 Å². The van der Waals surface area contributed by atoms with E-state index in [2.05, 4.69) is 30.3 Å². The summed E-state index contributed by atoms with van der Waals surface area (Å²) in [6, 6.07) is 11.1. The monoisotopic (exact) mass is 264 g/mol. The molecule has 3 aliphatic rings. The first kappa shape index (κ1) is 12.4. The molecule has 1 atom stereocenters. The standard InChI is InChI=1S/C20H24/c1-2-8-15(9-3-1)14-20-18-12-6-4-10-16(18)17-11-5-7-13-19(17)20/h1-3,8-9,16H,4-7,10-14H2. The maximum absolute atomic E-state index is 2.30. The molecule has 0 aromatic heterocycles. The van der Waals surface area contributed by atoms with Crippen LogP contribution in [0.2, 0.25) is 0 Å². The average Bonchev–Trinajstić information content (AvgIpc) is 2.84. The summed E-state index contributed by atoms with van der Waals surface area (Å²) in [4.78, 5) is 0. The summed E-state index contributed by atoms with van der Waals surface area (Å²) >= 11 is 0. The minimum atomic E-state index is 0.859. The lowest BCUT2D eigenvalue weighted by atomic mass is 9.79. The Labute approximate surface area is 122 Å². The van der Waals surface area contributed by atoms with Crippen LogP contribution in [0, 0.1) is 5.92 Å². The van der Waals surface area contributed by atoms with Crippen molar-refractivity contribution in [3.05, 3.63) is 58.2 Å². The fourth-order valence-electron chi connectivity index (χ4n) is 4.63. The highest BCUT2D eigenvalue weighted by atomic mass is 14.4. The van der Waals surface area contributed by atoms with E-state index in [-0.39, 0.29) is 0 Å². The number of hydrogen-bond acceptors (Lipinski definition) is 0. The van der Waals surface area contributed by atoms with Gasteiger partial charge in [-0.15, -0.1) is 0 Å². The Hall–Kier alpha value is -1.30. The largest absolute Gasteiger partial charge is 0.0622 e. The molecule has 1 saturated carbocycles. The first-order valence-corrected chi connectivity index (χ1v) is 8.41. The molecular formula is C20H24. The van der Waals surface area contributed by atoms with Crippen molar-refractivity contribution in [3.8, 4) is 0 Å². The van der Waals surface area contributed by atoms with Gasteiger partial charge in [0.15, 0.2) is 0 Å². The highest BCUT2D eigenvalue weighted by Gasteiger charge is 2.35. The first-order valence-electron chi connectivity index (χ1n) is 8.41. The van der Waals surface area contributed by atoms with Gasteiger partial charge in [0, 0.05) is 5.92 Å². The van der Waals surface area contributed by atoms with Crippen molar-refractivity contribution in [2.45, 2.75) is 57.8 Å². The van der Waals surface area contributed by atoms with Crippen molar-refractivity contribution < 1.29 is 0 Å². The van der Waals surface area contributed by atoms with E-state index >= 15 is 0 Å². The van der Waals surface area contributed by atoms with Crippen LogP contribution in [-0.4, -0.2) is 0 Å². The Balaban J connectivity index is 1.72. The number of rotatable bonds is 2.